The Morgan fingerprint density at radius 1 is 1.21 bits per heavy atom. The SMILES string of the molecule is CC[C@@H](C)NC[C@H](O)COc1ccccc1C(C)C. The first kappa shape index (κ1) is 16.0. The molecule has 1 aromatic carbocycles. The van der Waals surface area contributed by atoms with Crippen molar-refractivity contribution in [1.29, 1.82) is 0 Å². The zero-order chi connectivity index (χ0) is 14.3. The first-order valence-corrected chi connectivity index (χ1v) is 7.17. The van der Waals surface area contributed by atoms with Crippen molar-refractivity contribution in [3.05, 3.63) is 29.8 Å². The Balaban J connectivity index is 2.44. The Kier molecular flexibility index (Phi) is 6.89. The van der Waals surface area contributed by atoms with E-state index in [1.165, 1.54) is 5.56 Å². The molecule has 2 N–H and O–H groups in total. The Hall–Kier alpha value is -1.06. The van der Waals surface area contributed by atoms with Crippen LogP contribution in [0.5, 0.6) is 5.75 Å². The van der Waals surface area contributed by atoms with Gasteiger partial charge in [-0.05, 0) is 30.9 Å². The van der Waals surface area contributed by atoms with Crippen LogP contribution in [0.4, 0.5) is 0 Å². The summed E-state index contributed by atoms with van der Waals surface area (Å²) in [4.78, 5) is 0. The molecule has 0 saturated heterocycles. The van der Waals surface area contributed by atoms with E-state index >= 15 is 0 Å². The molecule has 1 aromatic rings. The third-order valence-corrected chi connectivity index (χ3v) is 3.29. The number of rotatable bonds is 8. The number of nitrogens with one attached hydrogen (secondary N) is 1. The monoisotopic (exact) mass is 265 g/mol. The molecule has 0 spiro atoms. The van der Waals surface area contributed by atoms with Crippen LogP contribution in [0, 0.1) is 0 Å². The summed E-state index contributed by atoms with van der Waals surface area (Å²) in [5.41, 5.74) is 1.18. The van der Waals surface area contributed by atoms with Crippen LogP contribution in [0.15, 0.2) is 24.3 Å². The second-order valence-electron chi connectivity index (χ2n) is 5.37. The fraction of sp³-hybridized carbons (Fsp3) is 0.625. The molecule has 0 aliphatic heterocycles. The summed E-state index contributed by atoms with van der Waals surface area (Å²) in [7, 11) is 0. The van der Waals surface area contributed by atoms with Gasteiger partial charge in [0, 0.05) is 12.6 Å². The van der Waals surface area contributed by atoms with Crippen molar-refractivity contribution in [1.82, 2.24) is 5.32 Å². The minimum absolute atomic E-state index is 0.327. The highest BCUT2D eigenvalue weighted by Gasteiger charge is 2.10. The summed E-state index contributed by atoms with van der Waals surface area (Å²) >= 11 is 0. The lowest BCUT2D eigenvalue weighted by Gasteiger charge is -2.18. The largest absolute Gasteiger partial charge is 0.491 e. The number of aliphatic hydroxyl groups excluding tert-OH is 1. The molecule has 0 saturated carbocycles. The van der Waals surface area contributed by atoms with Gasteiger partial charge in [-0.2, -0.15) is 0 Å². The van der Waals surface area contributed by atoms with Crippen molar-refractivity contribution < 1.29 is 9.84 Å². The highest BCUT2D eigenvalue weighted by atomic mass is 16.5. The van der Waals surface area contributed by atoms with E-state index in [-0.39, 0.29) is 0 Å². The minimum atomic E-state index is -0.478. The van der Waals surface area contributed by atoms with Gasteiger partial charge in [-0.3, -0.25) is 0 Å². The normalized spacial score (nSPS) is 14.4. The lowest BCUT2D eigenvalue weighted by atomic mass is 10.0. The fourth-order valence-electron chi connectivity index (χ4n) is 1.82. The van der Waals surface area contributed by atoms with Gasteiger partial charge in [-0.1, -0.05) is 39.0 Å². The second kappa shape index (κ2) is 8.18. The van der Waals surface area contributed by atoms with Crippen LogP contribution in [-0.4, -0.2) is 30.4 Å². The summed E-state index contributed by atoms with van der Waals surface area (Å²) < 4.78 is 5.74. The molecule has 0 bridgehead atoms. The molecule has 0 aliphatic rings. The molecule has 1 rings (SSSR count). The zero-order valence-electron chi connectivity index (χ0n) is 12.5. The van der Waals surface area contributed by atoms with Crippen molar-refractivity contribution in [2.24, 2.45) is 0 Å². The van der Waals surface area contributed by atoms with Crippen molar-refractivity contribution >= 4 is 0 Å². The van der Waals surface area contributed by atoms with Gasteiger partial charge in [0.25, 0.3) is 0 Å². The molecule has 0 radical (unpaired) electrons. The molecule has 3 nitrogen and oxygen atoms in total. The summed E-state index contributed by atoms with van der Waals surface area (Å²) in [5, 5.41) is 13.2. The second-order valence-corrected chi connectivity index (χ2v) is 5.37. The van der Waals surface area contributed by atoms with Crippen LogP contribution in [0.25, 0.3) is 0 Å². The maximum Gasteiger partial charge on any atom is 0.122 e. The number of ether oxygens (including phenoxy) is 1. The molecule has 3 heteroatoms. The molecule has 0 aromatic heterocycles. The average molecular weight is 265 g/mol. The summed E-state index contributed by atoms with van der Waals surface area (Å²) in [6.07, 6.45) is 0.582. The van der Waals surface area contributed by atoms with Crippen LogP contribution < -0.4 is 10.1 Å². The number of benzene rings is 1. The molecular formula is C16H27NO2. The Bertz CT molecular complexity index is 366. The molecule has 0 fully saturated rings. The van der Waals surface area contributed by atoms with Crippen LogP contribution in [0.2, 0.25) is 0 Å². The standard InChI is InChI=1S/C16H27NO2/c1-5-13(4)17-10-14(18)11-19-16-9-7-6-8-15(16)12(2)3/h6-9,12-14,17-18H,5,10-11H2,1-4H3/t13-,14+/m1/s1. The molecule has 2 atom stereocenters. The van der Waals surface area contributed by atoms with Crippen LogP contribution in [-0.2, 0) is 0 Å². The zero-order valence-corrected chi connectivity index (χ0v) is 12.5. The molecule has 0 aliphatic carbocycles. The van der Waals surface area contributed by atoms with E-state index in [0.717, 1.165) is 12.2 Å². The number of aliphatic hydroxyl groups is 1. The van der Waals surface area contributed by atoms with Crippen molar-refractivity contribution in [2.75, 3.05) is 13.2 Å². The highest BCUT2D eigenvalue weighted by Crippen LogP contribution is 2.25. The van der Waals surface area contributed by atoms with Gasteiger partial charge in [-0.25, -0.2) is 0 Å². The summed E-state index contributed by atoms with van der Waals surface area (Å²) in [6, 6.07) is 8.44. The lowest BCUT2D eigenvalue weighted by molar-refractivity contribution is 0.103. The molecule has 0 heterocycles. The molecule has 108 valence electrons. The van der Waals surface area contributed by atoms with E-state index in [1.54, 1.807) is 0 Å². The van der Waals surface area contributed by atoms with E-state index in [4.69, 9.17) is 4.74 Å². The van der Waals surface area contributed by atoms with Crippen molar-refractivity contribution in [3.8, 4) is 5.75 Å². The maximum atomic E-state index is 9.90. The molecule has 19 heavy (non-hydrogen) atoms. The highest BCUT2D eigenvalue weighted by molar-refractivity contribution is 5.35. The first-order chi connectivity index (χ1) is 9.04. The van der Waals surface area contributed by atoms with Crippen LogP contribution in [0.1, 0.15) is 45.6 Å². The lowest BCUT2D eigenvalue weighted by Crippen LogP contribution is -2.36. The van der Waals surface area contributed by atoms with Crippen molar-refractivity contribution in [2.45, 2.75) is 52.2 Å². The third-order valence-electron chi connectivity index (χ3n) is 3.29. The summed E-state index contributed by atoms with van der Waals surface area (Å²) in [5.74, 6) is 1.30. The van der Waals surface area contributed by atoms with E-state index in [0.29, 0.717) is 25.1 Å². The summed E-state index contributed by atoms with van der Waals surface area (Å²) in [6.45, 7) is 9.42. The minimum Gasteiger partial charge on any atom is -0.491 e. The van der Waals surface area contributed by atoms with E-state index in [9.17, 15) is 5.11 Å². The molecule has 0 amide bonds. The number of hydrogen-bond donors (Lipinski definition) is 2. The van der Waals surface area contributed by atoms with Crippen LogP contribution >= 0.6 is 0 Å². The van der Waals surface area contributed by atoms with Crippen molar-refractivity contribution in [3.63, 3.8) is 0 Å². The van der Waals surface area contributed by atoms with Gasteiger partial charge in [0.05, 0.1) is 0 Å². The predicted molar refractivity (Wildman–Crippen MR) is 79.8 cm³/mol. The third kappa shape index (κ3) is 5.62. The maximum absolute atomic E-state index is 9.90. The first-order valence-electron chi connectivity index (χ1n) is 7.17. The average Bonchev–Trinajstić information content (AvgIpc) is 2.42. The van der Waals surface area contributed by atoms with Gasteiger partial charge in [0.2, 0.25) is 0 Å². The van der Waals surface area contributed by atoms with Gasteiger partial charge in [-0.15, -0.1) is 0 Å². The smallest absolute Gasteiger partial charge is 0.122 e. The predicted octanol–water partition coefficient (Wildman–Crippen LogP) is 2.94. The topological polar surface area (TPSA) is 41.5 Å². The van der Waals surface area contributed by atoms with E-state index in [2.05, 4.69) is 39.1 Å². The van der Waals surface area contributed by atoms with Gasteiger partial charge in [0.1, 0.15) is 18.5 Å². The molecule has 0 unspecified atom stereocenters. The van der Waals surface area contributed by atoms with Crippen LogP contribution in [0.3, 0.4) is 0 Å². The number of para-hydroxylation sites is 1. The number of hydrogen-bond acceptors (Lipinski definition) is 3. The van der Waals surface area contributed by atoms with E-state index < -0.39 is 6.10 Å². The Morgan fingerprint density at radius 3 is 2.53 bits per heavy atom. The fourth-order valence-corrected chi connectivity index (χ4v) is 1.82. The van der Waals surface area contributed by atoms with Gasteiger partial charge < -0.3 is 15.2 Å². The Morgan fingerprint density at radius 2 is 1.89 bits per heavy atom. The quantitative estimate of drug-likeness (QED) is 0.759. The molecular weight excluding hydrogens is 238 g/mol. The van der Waals surface area contributed by atoms with E-state index in [1.807, 2.05) is 18.2 Å². The Labute approximate surface area is 117 Å². The van der Waals surface area contributed by atoms with Gasteiger partial charge in [0.15, 0.2) is 0 Å². The van der Waals surface area contributed by atoms with Gasteiger partial charge >= 0.3 is 0 Å².